The highest BCUT2D eigenvalue weighted by Gasteiger charge is 2.37. The van der Waals surface area contributed by atoms with E-state index in [1.807, 2.05) is 4.90 Å². The lowest BCUT2D eigenvalue weighted by Gasteiger charge is -2.40. The Bertz CT molecular complexity index is 277. The molecule has 1 amide bonds. The Morgan fingerprint density at radius 1 is 1.29 bits per heavy atom. The van der Waals surface area contributed by atoms with Crippen LogP contribution in [0, 0.1) is 0 Å². The molecule has 0 aromatic rings. The zero-order valence-electron chi connectivity index (χ0n) is 10.5. The molecular formula is C13H24N2O2. The Morgan fingerprint density at radius 2 is 2.06 bits per heavy atom. The Kier molecular flexibility index (Phi) is 4.05. The fourth-order valence-corrected chi connectivity index (χ4v) is 2.91. The Balaban J connectivity index is 1.95. The summed E-state index contributed by atoms with van der Waals surface area (Å²) in [4.78, 5) is 14.1. The largest absolute Gasteiger partial charge is 0.394 e. The summed E-state index contributed by atoms with van der Waals surface area (Å²) in [5.41, 5.74) is 5.88. The van der Waals surface area contributed by atoms with Gasteiger partial charge < -0.3 is 15.7 Å². The average Bonchev–Trinajstić information content (AvgIpc) is 2.51. The number of rotatable bonds is 3. The normalized spacial score (nSPS) is 28.4. The van der Waals surface area contributed by atoms with Crippen LogP contribution in [0.4, 0.5) is 0 Å². The van der Waals surface area contributed by atoms with Crippen molar-refractivity contribution in [3.63, 3.8) is 0 Å². The summed E-state index contributed by atoms with van der Waals surface area (Å²) in [6, 6.07) is 0.0219. The predicted molar refractivity (Wildman–Crippen MR) is 66.4 cm³/mol. The van der Waals surface area contributed by atoms with Crippen molar-refractivity contribution in [3.8, 4) is 0 Å². The predicted octanol–water partition coefficient (Wildman–Crippen LogP) is 1.02. The maximum absolute atomic E-state index is 12.3. The van der Waals surface area contributed by atoms with Gasteiger partial charge in [0.05, 0.1) is 12.6 Å². The second-order valence-corrected chi connectivity index (χ2v) is 5.67. The van der Waals surface area contributed by atoms with Gasteiger partial charge in [-0.15, -0.1) is 0 Å². The number of amides is 1. The third kappa shape index (κ3) is 2.99. The minimum atomic E-state index is -0.247. The number of nitrogens with two attached hydrogens (primary N) is 1. The molecule has 1 unspecified atom stereocenters. The number of carbonyl (C=O) groups excluding carboxylic acids is 1. The van der Waals surface area contributed by atoms with Crippen molar-refractivity contribution >= 4 is 5.91 Å². The summed E-state index contributed by atoms with van der Waals surface area (Å²) in [7, 11) is 0. The molecule has 0 aromatic carbocycles. The molecule has 1 saturated heterocycles. The summed E-state index contributed by atoms with van der Waals surface area (Å²) in [6.45, 7) is 0.878. The van der Waals surface area contributed by atoms with Crippen LogP contribution in [0.15, 0.2) is 0 Å². The molecule has 1 aliphatic heterocycles. The van der Waals surface area contributed by atoms with Crippen LogP contribution < -0.4 is 5.73 Å². The third-order valence-corrected chi connectivity index (χ3v) is 4.26. The molecule has 1 heterocycles. The van der Waals surface area contributed by atoms with E-state index in [0.717, 1.165) is 51.5 Å². The van der Waals surface area contributed by atoms with E-state index >= 15 is 0 Å². The zero-order chi connectivity index (χ0) is 12.3. The molecule has 2 aliphatic rings. The van der Waals surface area contributed by atoms with Crippen LogP contribution in [-0.2, 0) is 4.79 Å². The molecule has 4 nitrogen and oxygen atoms in total. The fourth-order valence-electron chi connectivity index (χ4n) is 2.91. The molecule has 0 radical (unpaired) electrons. The molecule has 0 spiro atoms. The van der Waals surface area contributed by atoms with Gasteiger partial charge in [-0.05, 0) is 32.1 Å². The smallest absolute Gasteiger partial charge is 0.224 e. The van der Waals surface area contributed by atoms with Crippen molar-refractivity contribution in [2.45, 2.75) is 62.9 Å². The van der Waals surface area contributed by atoms with E-state index in [1.54, 1.807) is 0 Å². The summed E-state index contributed by atoms with van der Waals surface area (Å²) in [5.74, 6) is 0.146. The average molecular weight is 240 g/mol. The van der Waals surface area contributed by atoms with Gasteiger partial charge in [0.25, 0.3) is 0 Å². The Morgan fingerprint density at radius 3 is 2.65 bits per heavy atom. The van der Waals surface area contributed by atoms with Crippen LogP contribution in [0.3, 0.4) is 0 Å². The Labute approximate surface area is 103 Å². The van der Waals surface area contributed by atoms with E-state index in [2.05, 4.69) is 0 Å². The number of nitrogens with zero attached hydrogens (tertiary/aromatic N) is 1. The van der Waals surface area contributed by atoms with Crippen LogP contribution in [0.25, 0.3) is 0 Å². The maximum atomic E-state index is 12.3. The third-order valence-electron chi connectivity index (χ3n) is 4.26. The first-order valence-electron chi connectivity index (χ1n) is 6.84. The zero-order valence-corrected chi connectivity index (χ0v) is 10.5. The van der Waals surface area contributed by atoms with Gasteiger partial charge >= 0.3 is 0 Å². The van der Waals surface area contributed by atoms with E-state index in [1.165, 1.54) is 0 Å². The number of likely N-dealkylation sites (tertiary alicyclic amines) is 1. The van der Waals surface area contributed by atoms with Gasteiger partial charge in [0.15, 0.2) is 0 Å². The van der Waals surface area contributed by atoms with E-state index in [-0.39, 0.29) is 24.1 Å². The van der Waals surface area contributed by atoms with Crippen LogP contribution in [0.2, 0.25) is 0 Å². The van der Waals surface area contributed by atoms with Gasteiger partial charge in [-0.25, -0.2) is 0 Å². The number of hydrogen-bond acceptors (Lipinski definition) is 3. The first-order valence-corrected chi connectivity index (χ1v) is 6.84. The lowest BCUT2D eigenvalue weighted by atomic mass is 9.75. The van der Waals surface area contributed by atoms with Gasteiger partial charge in [-0.1, -0.05) is 12.8 Å². The van der Waals surface area contributed by atoms with Crippen molar-refractivity contribution < 1.29 is 9.90 Å². The highest BCUT2D eigenvalue weighted by atomic mass is 16.3. The molecule has 1 aliphatic carbocycles. The van der Waals surface area contributed by atoms with Crippen molar-refractivity contribution in [1.82, 2.24) is 4.90 Å². The van der Waals surface area contributed by atoms with Crippen molar-refractivity contribution in [2.75, 3.05) is 13.2 Å². The lowest BCUT2D eigenvalue weighted by molar-refractivity contribution is -0.136. The lowest BCUT2D eigenvalue weighted by Crippen LogP contribution is -2.52. The highest BCUT2D eigenvalue weighted by molar-refractivity contribution is 5.78. The monoisotopic (exact) mass is 240 g/mol. The maximum Gasteiger partial charge on any atom is 0.224 e. The number of aliphatic hydroxyl groups excluding tert-OH is 1. The van der Waals surface area contributed by atoms with Gasteiger partial charge in [-0.2, -0.15) is 0 Å². The number of hydrogen-bond donors (Lipinski definition) is 2. The van der Waals surface area contributed by atoms with E-state index in [4.69, 9.17) is 5.73 Å². The van der Waals surface area contributed by atoms with Crippen molar-refractivity contribution in [2.24, 2.45) is 5.73 Å². The fraction of sp³-hybridized carbons (Fsp3) is 0.923. The van der Waals surface area contributed by atoms with Gasteiger partial charge in [-0.3, -0.25) is 4.79 Å². The molecule has 4 heteroatoms. The number of aliphatic hydroxyl groups is 1. The van der Waals surface area contributed by atoms with E-state index in [9.17, 15) is 9.90 Å². The minimum Gasteiger partial charge on any atom is -0.394 e. The summed E-state index contributed by atoms with van der Waals surface area (Å²) in [6.07, 6.45) is 7.81. The second kappa shape index (κ2) is 5.36. The molecule has 1 saturated carbocycles. The second-order valence-electron chi connectivity index (χ2n) is 5.67. The molecule has 0 bridgehead atoms. The topological polar surface area (TPSA) is 66.6 Å². The van der Waals surface area contributed by atoms with Crippen LogP contribution in [-0.4, -0.2) is 40.6 Å². The van der Waals surface area contributed by atoms with E-state index < -0.39 is 0 Å². The highest BCUT2D eigenvalue weighted by Crippen LogP contribution is 2.33. The summed E-state index contributed by atoms with van der Waals surface area (Å²) in [5, 5.41) is 9.38. The molecule has 17 heavy (non-hydrogen) atoms. The molecule has 2 fully saturated rings. The number of carbonyl (C=O) groups is 1. The van der Waals surface area contributed by atoms with Gasteiger partial charge in [0.2, 0.25) is 5.91 Å². The molecule has 0 aromatic heterocycles. The van der Waals surface area contributed by atoms with Crippen LogP contribution in [0.5, 0.6) is 0 Å². The van der Waals surface area contributed by atoms with Gasteiger partial charge in [0, 0.05) is 18.5 Å². The quantitative estimate of drug-likeness (QED) is 0.774. The first-order chi connectivity index (χ1) is 8.14. The van der Waals surface area contributed by atoms with Gasteiger partial charge in [0.1, 0.15) is 0 Å². The Hall–Kier alpha value is -0.610. The summed E-state index contributed by atoms with van der Waals surface area (Å²) >= 11 is 0. The molecule has 98 valence electrons. The minimum absolute atomic E-state index is 0.0219. The molecule has 2 rings (SSSR count). The van der Waals surface area contributed by atoms with Crippen LogP contribution >= 0.6 is 0 Å². The standard InChI is InChI=1S/C13H24N2O2/c14-13(6-4-7-13)9-12(17)15-8-3-1-2-5-11(15)10-16/h11,16H,1-10,14H2. The van der Waals surface area contributed by atoms with Crippen molar-refractivity contribution in [3.05, 3.63) is 0 Å². The summed E-state index contributed by atoms with van der Waals surface area (Å²) < 4.78 is 0. The van der Waals surface area contributed by atoms with Crippen LogP contribution in [0.1, 0.15) is 51.4 Å². The molecule has 1 atom stereocenters. The van der Waals surface area contributed by atoms with E-state index in [0.29, 0.717) is 6.42 Å². The van der Waals surface area contributed by atoms with Crippen molar-refractivity contribution in [1.29, 1.82) is 0 Å². The SMILES string of the molecule is NC1(CC(=O)N2CCCCCC2CO)CCC1. The molecule has 3 N–H and O–H groups in total. The molecular weight excluding hydrogens is 216 g/mol. The first kappa shape index (κ1) is 12.8.